The zero-order valence-electron chi connectivity index (χ0n) is 18.7. The molecule has 0 radical (unpaired) electrons. The van der Waals surface area contributed by atoms with Crippen molar-refractivity contribution in [2.24, 2.45) is 0 Å². The summed E-state index contributed by atoms with van der Waals surface area (Å²) in [6, 6.07) is 4.75. The molecule has 1 unspecified atom stereocenters. The van der Waals surface area contributed by atoms with Crippen molar-refractivity contribution in [2.75, 3.05) is 18.0 Å². The van der Waals surface area contributed by atoms with E-state index in [1.807, 2.05) is 0 Å². The van der Waals surface area contributed by atoms with Crippen molar-refractivity contribution in [3.63, 3.8) is 0 Å². The molecule has 2 aromatic rings. The quantitative estimate of drug-likeness (QED) is 0.347. The lowest BCUT2D eigenvalue weighted by Gasteiger charge is -2.32. The number of halogens is 4. The Hall–Kier alpha value is -3.68. The SMILES string of the molecule is C[C@H](N(Cc1ccc(F)cc1)C(=O)CN1C(=O)NC2(CS(=O)(=O)c3cc(N)ccc32)C1=O)C(F)(F)F. The first-order valence-corrected chi connectivity index (χ1v) is 12.2. The minimum Gasteiger partial charge on any atom is -0.399 e. The number of amides is 4. The molecule has 1 saturated heterocycles. The number of carbonyl (C=O) groups excluding carboxylic acids is 3. The summed E-state index contributed by atoms with van der Waals surface area (Å²) in [5.41, 5.74) is 3.87. The number of nitrogens with one attached hydrogen (secondary N) is 1. The molecular weight excluding hydrogens is 508 g/mol. The summed E-state index contributed by atoms with van der Waals surface area (Å²) in [5, 5.41) is 2.30. The van der Waals surface area contributed by atoms with Crippen LogP contribution in [0.15, 0.2) is 47.4 Å². The number of sulfone groups is 1. The van der Waals surface area contributed by atoms with Gasteiger partial charge in [0.05, 0.1) is 10.6 Å². The molecule has 14 heteroatoms. The van der Waals surface area contributed by atoms with Gasteiger partial charge in [0.15, 0.2) is 15.4 Å². The first-order valence-electron chi connectivity index (χ1n) is 10.5. The van der Waals surface area contributed by atoms with Crippen molar-refractivity contribution >= 4 is 33.4 Å². The number of rotatable bonds is 5. The molecule has 1 fully saturated rings. The molecular formula is C22H20F4N4O5S. The minimum absolute atomic E-state index is 0.0446. The fourth-order valence-electron chi connectivity index (χ4n) is 4.27. The van der Waals surface area contributed by atoms with E-state index in [9.17, 15) is 40.4 Å². The molecule has 4 amide bonds. The average Bonchev–Trinajstić information content (AvgIpc) is 3.15. The normalized spacial score (nSPS) is 21.4. The molecule has 2 aliphatic heterocycles. The van der Waals surface area contributed by atoms with Crippen molar-refractivity contribution < 1.29 is 40.4 Å². The highest BCUT2D eigenvalue weighted by atomic mass is 32.2. The lowest BCUT2D eigenvalue weighted by Crippen LogP contribution is -2.51. The number of nitrogens with zero attached hydrogens (tertiary/aromatic N) is 2. The highest BCUT2D eigenvalue weighted by Gasteiger charge is 2.60. The zero-order chi connectivity index (χ0) is 26.6. The second-order valence-electron chi connectivity index (χ2n) is 8.61. The van der Waals surface area contributed by atoms with Crippen LogP contribution in [0.25, 0.3) is 0 Å². The van der Waals surface area contributed by atoms with E-state index < -0.39 is 70.1 Å². The molecule has 4 rings (SSSR count). The van der Waals surface area contributed by atoms with Crippen molar-refractivity contribution in [3.05, 3.63) is 59.4 Å². The number of nitrogens with two attached hydrogens (primary N) is 1. The largest absolute Gasteiger partial charge is 0.408 e. The van der Waals surface area contributed by atoms with Gasteiger partial charge >= 0.3 is 12.2 Å². The molecule has 0 aliphatic carbocycles. The Morgan fingerprint density at radius 3 is 2.44 bits per heavy atom. The molecule has 192 valence electrons. The molecule has 2 atom stereocenters. The summed E-state index contributed by atoms with van der Waals surface area (Å²) in [4.78, 5) is 39.6. The van der Waals surface area contributed by atoms with Crippen LogP contribution in [-0.2, 0) is 31.5 Å². The average molecular weight is 528 g/mol. The van der Waals surface area contributed by atoms with Gasteiger partial charge in [-0.3, -0.25) is 14.5 Å². The van der Waals surface area contributed by atoms with Crippen LogP contribution < -0.4 is 11.1 Å². The topological polar surface area (TPSA) is 130 Å². The Balaban J connectivity index is 1.64. The first kappa shape index (κ1) is 25.4. The van der Waals surface area contributed by atoms with Crippen LogP contribution in [0.4, 0.5) is 28.0 Å². The summed E-state index contributed by atoms with van der Waals surface area (Å²) < 4.78 is 79.2. The highest BCUT2D eigenvalue weighted by Crippen LogP contribution is 2.43. The van der Waals surface area contributed by atoms with Crippen molar-refractivity contribution in [3.8, 4) is 0 Å². The maximum Gasteiger partial charge on any atom is 0.408 e. The summed E-state index contributed by atoms with van der Waals surface area (Å²) in [6.45, 7) is -0.914. The monoisotopic (exact) mass is 528 g/mol. The molecule has 2 aliphatic rings. The van der Waals surface area contributed by atoms with Gasteiger partial charge < -0.3 is 16.0 Å². The fourth-order valence-corrected chi connectivity index (χ4v) is 6.24. The van der Waals surface area contributed by atoms with Gasteiger partial charge in [0, 0.05) is 17.8 Å². The Morgan fingerprint density at radius 1 is 1.19 bits per heavy atom. The number of hydrogen-bond donors (Lipinski definition) is 2. The number of nitrogen functional groups attached to an aromatic ring is 1. The van der Waals surface area contributed by atoms with Crippen LogP contribution >= 0.6 is 0 Å². The predicted octanol–water partition coefficient (Wildman–Crippen LogP) is 1.92. The van der Waals surface area contributed by atoms with Crippen LogP contribution in [-0.4, -0.2) is 60.6 Å². The lowest BCUT2D eigenvalue weighted by molar-refractivity contribution is -0.187. The summed E-state index contributed by atoms with van der Waals surface area (Å²) >= 11 is 0. The predicted molar refractivity (Wildman–Crippen MR) is 117 cm³/mol. The molecule has 2 heterocycles. The Labute approximate surface area is 202 Å². The van der Waals surface area contributed by atoms with Gasteiger partial charge in [-0.15, -0.1) is 0 Å². The number of carbonyl (C=O) groups is 3. The number of anilines is 1. The number of urea groups is 1. The summed E-state index contributed by atoms with van der Waals surface area (Å²) in [6.07, 6.45) is -4.84. The van der Waals surface area contributed by atoms with Crippen molar-refractivity contribution in [1.29, 1.82) is 0 Å². The third-order valence-electron chi connectivity index (χ3n) is 6.20. The van der Waals surface area contributed by atoms with E-state index in [4.69, 9.17) is 5.73 Å². The van der Waals surface area contributed by atoms with Gasteiger partial charge in [-0.05, 0) is 36.8 Å². The van der Waals surface area contributed by atoms with E-state index in [2.05, 4.69) is 5.32 Å². The van der Waals surface area contributed by atoms with Crippen LogP contribution in [0.2, 0.25) is 0 Å². The summed E-state index contributed by atoms with van der Waals surface area (Å²) in [5.74, 6) is -3.76. The Kier molecular flexibility index (Phi) is 5.98. The van der Waals surface area contributed by atoms with E-state index in [0.717, 1.165) is 25.1 Å². The molecule has 1 spiro atoms. The maximum absolute atomic E-state index is 13.5. The molecule has 0 bridgehead atoms. The molecule has 2 aromatic carbocycles. The number of alkyl halides is 3. The second kappa shape index (κ2) is 8.47. The zero-order valence-corrected chi connectivity index (χ0v) is 19.5. The Bertz CT molecular complexity index is 1360. The number of benzene rings is 2. The highest BCUT2D eigenvalue weighted by molar-refractivity contribution is 7.92. The van der Waals surface area contributed by atoms with Crippen LogP contribution in [0, 0.1) is 5.82 Å². The van der Waals surface area contributed by atoms with E-state index in [0.29, 0.717) is 9.80 Å². The van der Waals surface area contributed by atoms with Crippen molar-refractivity contribution in [1.82, 2.24) is 15.1 Å². The van der Waals surface area contributed by atoms with Crippen LogP contribution in [0.5, 0.6) is 0 Å². The standard InChI is InChI=1S/C22H20F4N4O5S/c1-12(22(24,25)26)29(9-13-2-4-14(23)5-3-13)18(31)10-30-19(32)21(28-20(30)33)11-36(34,35)17-8-15(27)6-7-16(17)21/h2-8,12H,9-11,27H2,1H3,(H,28,33)/t12-,21?/m0/s1. The lowest BCUT2D eigenvalue weighted by atomic mass is 9.92. The third kappa shape index (κ3) is 4.25. The van der Waals surface area contributed by atoms with E-state index in [1.54, 1.807) is 0 Å². The van der Waals surface area contributed by atoms with Gasteiger partial charge in [0.25, 0.3) is 5.91 Å². The smallest absolute Gasteiger partial charge is 0.399 e. The van der Waals surface area contributed by atoms with Crippen molar-refractivity contribution in [2.45, 2.75) is 36.1 Å². The fraction of sp³-hybridized carbons (Fsp3) is 0.318. The third-order valence-corrected chi connectivity index (χ3v) is 8.02. The van der Waals surface area contributed by atoms with E-state index in [1.165, 1.54) is 24.3 Å². The van der Waals surface area contributed by atoms with Gasteiger partial charge in [-0.25, -0.2) is 17.6 Å². The minimum atomic E-state index is -4.84. The van der Waals surface area contributed by atoms with Gasteiger partial charge in [-0.2, -0.15) is 13.2 Å². The Morgan fingerprint density at radius 2 is 1.83 bits per heavy atom. The van der Waals surface area contributed by atoms with Gasteiger partial charge in [-0.1, -0.05) is 18.2 Å². The maximum atomic E-state index is 13.5. The van der Waals surface area contributed by atoms with Crippen LogP contribution in [0.3, 0.4) is 0 Å². The van der Waals surface area contributed by atoms with Gasteiger partial charge in [0.2, 0.25) is 5.91 Å². The molecule has 9 nitrogen and oxygen atoms in total. The number of imide groups is 1. The molecule has 3 N–H and O–H groups in total. The van der Waals surface area contributed by atoms with Gasteiger partial charge in [0.1, 0.15) is 18.4 Å². The molecule has 36 heavy (non-hydrogen) atoms. The molecule has 0 aromatic heterocycles. The second-order valence-corrected chi connectivity index (χ2v) is 10.6. The number of fused-ring (bicyclic) bond motifs is 2. The number of hydrogen-bond acceptors (Lipinski definition) is 6. The summed E-state index contributed by atoms with van der Waals surface area (Å²) in [7, 11) is -4.04. The molecule has 0 saturated carbocycles. The van der Waals surface area contributed by atoms with E-state index in [-0.39, 0.29) is 21.7 Å². The van der Waals surface area contributed by atoms with Crippen LogP contribution in [0.1, 0.15) is 18.1 Å². The van der Waals surface area contributed by atoms with E-state index >= 15 is 0 Å². The first-order chi connectivity index (χ1) is 16.7.